The van der Waals surface area contributed by atoms with E-state index >= 15 is 0 Å². The van der Waals surface area contributed by atoms with Gasteiger partial charge in [0.05, 0.1) is 0 Å². The summed E-state index contributed by atoms with van der Waals surface area (Å²) in [6, 6.07) is 18.3. The number of carbonyl (C=O) groups is 1. The molecule has 0 aromatic heterocycles. The normalized spacial score (nSPS) is 14.8. The van der Waals surface area contributed by atoms with Crippen molar-refractivity contribution in [1.29, 1.82) is 0 Å². The Kier molecular flexibility index (Phi) is 7.48. The van der Waals surface area contributed by atoms with E-state index in [1.807, 2.05) is 42.5 Å². The fourth-order valence-electron chi connectivity index (χ4n) is 3.51. The average molecular weight is 464 g/mol. The number of rotatable bonds is 9. The molecule has 0 heterocycles. The summed E-state index contributed by atoms with van der Waals surface area (Å²) in [5, 5.41) is 21.4. The fraction of sp³-hybridized carbons (Fsp3) is 0.292. The van der Waals surface area contributed by atoms with Gasteiger partial charge in [0.25, 0.3) is 0 Å². The van der Waals surface area contributed by atoms with Crippen LogP contribution in [0, 0.1) is 0 Å². The van der Waals surface area contributed by atoms with Gasteiger partial charge in [-0.25, -0.2) is 0 Å². The van der Waals surface area contributed by atoms with E-state index in [4.69, 9.17) is 10.8 Å². The zero-order chi connectivity index (χ0) is 23.4. The summed E-state index contributed by atoms with van der Waals surface area (Å²) < 4.78 is 41.4. The Labute approximate surface area is 188 Å². The number of halogens is 3. The van der Waals surface area contributed by atoms with Gasteiger partial charge in [-0.1, -0.05) is 66.7 Å². The molecule has 0 spiro atoms. The Balaban J connectivity index is 1.77. The Morgan fingerprint density at radius 3 is 2.28 bits per heavy atom. The van der Waals surface area contributed by atoms with Gasteiger partial charge in [0.15, 0.2) is 5.60 Å². The first-order chi connectivity index (χ1) is 15.1. The number of alkyl halides is 3. The second kappa shape index (κ2) is 9.94. The molecule has 3 rings (SSSR count). The summed E-state index contributed by atoms with van der Waals surface area (Å²) in [5.74, 6) is -0.849. The van der Waals surface area contributed by atoms with E-state index in [1.54, 1.807) is 12.1 Å². The Bertz CT molecular complexity index is 1070. The molecule has 4 N–H and O–H groups in total. The molecule has 0 fully saturated rings. The lowest BCUT2D eigenvalue weighted by Crippen LogP contribution is -2.42. The van der Waals surface area contributed by atoms with Crippen molar-refractivity contribution in [2.45, 2.75) is 30.7 Å². The van der Waals surface area contributed by atoms with Crippen LogP contribution in [0.25, 0.3) is 21.9 Å². The van der Waals surface area contributed by atoms with Gasteiger partial charge in [0, 0.05) is 0 Å². The smallest absolute Gasteiger partial charge is 0.421 e. The maximum atomic E-state index is 13.8. The molecule has 170 valence electrons. The molecule has 32 heavy (non-hydrogen) atoms. The van der Waals surface area contributed by atoms with Crippen LogP contribution < -0.4 is 5.73 Å². The molecule has 0 amide bonds. The second-order valence-corrected chi connectivity index (χ2v) is 8.78. The Morgan fingerprint density at radius 1 is 0.969 bits per heavy atom. The van der Waals surface area contributed by atoms with Crippen LogP contribution >= 0.6 is 11.8 Å². The zero-order valence-electron chi connectivity index (χ0n) is 17.2. The van der Waals surface area contributed by atoms with Crippen LogP contribution in [0.1, 0.15) is 18.4 Å². The molecule has 0 aliphatic heterocycles. The molecule has 3 aromatic rings. The van der Waals surface area contributed by atoms with Gasteiger partial charge in [0.2, 0.25) is 0 Å². The largest absolute Gasteiger partial charge is 0.480 e. The fourth-order valence-corrected chi connectivity index (χ4v) is 4.57. The van der Waals surface area contributed by atoms with Gasteiger partial charge in [-0.2, -0.15) is 24.9 Å². The van der Waals surface area contributed by atoms with Gasteiger partial charge in [-0.05, 0) is 51.8 Å². The minimum absolute atomic E-state index is 0.00736. The number of nitrogens with two attached hydrogens (primary N) is 1. The van der Waals surface area contributed by atoms with Crippen LogP contribution in [0.5, 0.6) is 0 Å². The summed E-state index contributed by atoms with van der Waals surface area (Å²) >= 11 is 1.13. The topological polar surface area (TPSA) is 83.5 Å². The molecule has 0 aliphatic rings. The van der Waals surface area contributed by atoms with Gasteiger partial charge < -0.3 is 15.9 Å². The monoisotopic (exact) mass is 463 g/mol. The van der Waals surface area contributed by atoms with E-state index < -0.39 is 30.2 Å². The summed E-state index contributed by atoms with van der Waals surface area (Å²) in [4.78, 5) is 10.7. The van der Waals surface area contributed by atoms with E-state index in [0.29, 0.717) is 5.75 Å². The summed E-state index contributed by atoms with van der Waals surface area (Å²) in [7, 11) is 0. The van der Waals surface area contributed by atoms with Gasteiger partial charge in [0.1, 0.15) is 6.04 Å². The van der Waals surface area contributed by atoms with Crippen molar-refractivity contribution in [1.82, 2.24) is 0 Å². The van der Waals surface area contributed by atoms with Crippen molar-refractivity contribution < 1.29 is 28.2 Å². The van der Waals surface area contributed by atoms with Crippen LogP contribution in [0.4, 0.5) is 13.2 Å². The number of benzene rings is 3. The van der Waals surface area contributed by atoms with Crippen molar-refractivity contribution >= 4 is 28.5 Å². The van der Waals surface area contributed by atoms with E-state index in [0.717, 1.165) is 33.7 Å². The number of carboxylic acids is 1. The third-order valence-corrected chi connectivity index (χ3v) is 6.45. The van der Waals surface area contributed by atoms with E-state index in [9.17, 15) is 23.1 Å². The van der Waals surface area contributed by atoms with Gasteiger partial charge in [-0.3, -0.25) is 4.79 Å². The van der Waals surface area contributed by atoms with Crippen molar-refractivity contribution in [2.75, 3.05) is 11.5 Å². The van der Waals surface area contributed by atoms with E-state index in [1.165, 1.54) is 12.1 Å². The van der Waals surface area contributed by atoms with Crippen molar-refractivity contribution in [2.24, 2.45) is 5.73 Å². The standard InChI is InChI=1S/C24H24F3NO3S/c25-24(26,27)23(31,13-15-32-14-12-21(28)22(29)30)18-10-8-17(9-11-18)20-7-3-5-16-4-1-2-6-19(16)20/h1-11,21,31H,12-15,28H2,(H,29,30). The highest BCUT2D eigenvalue weighted by atomic mass is 32.2. The van der Waals surface area contributed by atoms with Crippen LogP contribution in [0.3, 0.4) is 0 Å². The van der Waals surface area contributed by atoms with E-state index in [2.05, 4.69) is 0 Å². The van der Waals surface area contributed by atoms with Crippen molar-refractivity contribution in [3.05, 3.63) is 72.3 Å². The average Bonchev–Trinajstić information content (AvgIpc) is 2.77. The molecule has 2 atom stereocenters. The van der Waals surface area contributed by atoms with Crippen molar-refractivity contribution in [3.8, 4) is 11.1 Å². The molecule has 8 heteroatoms. The van der Waals surface area contributed by atoms with Crippen LogP contribution in [-0.2, 0) is 10.4 Å². The maximum Gasteiger partial charge on any atom is 0.421 e. The molecule has 0 bridgehead atoms. The first-order valence-corrected chi connectivity index (χ1v) is 11.2. The first-order valence-electron chi connectivity index (χ1n) is 10.1. The number of aliphatic hydroxyl groups is 1. The number of hydrogen-bond acceptors (Lipinski definition) is 4. The Morgan fingerprint density at radius 2 is 1.62 bits per heavy atom. The van der Waals surface area contributed by atoms with Crippen LogP contribution in [-0.4, -0.2) is 39.9 Å². The van der Waals surface area contributed by atoms with Gasteiger partial charge >= 0.3 is 12.1 Å². The molecular weight excluding hydrogens is 439 g/mol. The third-order valence-electron chi connectivity index (χ3n) is 5.43. The van der Waals surface area contributed by atoms with Crippen molar-refractivity contribution in [3.63, 3.8) is 0 Å². The highest BCUT2D eigenvalue weighted by molar-refractivity contribution is 7.99. The number of carboxylic acid groups (broad SMARTS) is 1. The highest BCUT2D eigenvalue weighted by Crippen LogP contribution is 2.43. The molecule has 0 saturated carbocycles. The van der Waals surface area contributed by atoms with E-state index in [-0.39, 0.29) is 17.7 Å². The molecule has 0 radical (unpaired) electrons. The lowest BCUT2D eigenvalue weighted by molar-refractivity contribution is -0.267. The summed E-state index contributed by atoms with van der Waals surface area (Å²) in [6.07, 6.45) is -5.26. The number of thioether (sulfide) groups is 1. The van der Waals surface area contributed by atoms with Crippen LogP contribution in [0.15, 0.2) is 66.7 Å². The Hall–Kier alpha value is -2.55. The highest BCUT2D eigenvalue weighted by Gasteiger charge is 2.54. The molecule has 4 nitrogen and oxygen atoms in total. The maximum absolute atomic E-state index is 13.8. The number of aliphatic carboxylic acids is 1. The number of hydrogen-bond donors (Lipinski definition) is 3. The molecule has 0 saturated heterocycles. The zero-order valence-corrected chi connectivity index (χ0v) is 18.0. The van der Waals surface area contributed by atoms with Gasteiger partial charge in [-0.15, -0.1) is 0 Å². The van der Waals surface area contributed by atoms with Crippen LogP contribution in [0.2, 0.25) is 0 Å². The predicted octanol–water partition coefficient (Wildman–Crippen LogP) is 5.18. The first kappa shape index (κ1) is 24.1. The number of fused-ring (bicyclic) bond motifs is 1. The quantitative estimate of drug-likeness (QED) is 0.381. The predicted molar refractivity (Wildman–Crippen MR) is 122 cm³/mol. The SMILES string of the molecule is NC(CCSCCC(O)(c1ccc(-c2cccc3ccccc23)cc1)C(F)(F)F)C(=O)O. The summed E-state index contributed by atoms with van der Waals surface area (Å²) in [5.41, 5.74) is 3.84. The molecule has 3 aromatic carbocycles. The third kappa shape index (κ3) is 5.26. The lowest BCUT2D eigenvalue weighted by atomic mass is 9.88. The lowest BCUT2D eigenvalue weighted by Gasteiger charge is -2.31. The molecule has 0 aliphatic carbocycles. The minimum Gasteiger partial charge on any atom is -0.480 e. The summed E-state index contributed by atoms with van der Waals surface area (Å²) in [6.45, 7) is 0. The minimum atomic E-state index is -4.86. The second-order valence-electron chi connectivity index (χ2n) is 7.56. The molecule has 2 unspecified atom stereocenters. The molecular formula is C24H24F3NO3S.